The maximum absolute atomic E-state index is 10.5. The summed E-state index contributed by atoms with van der Waals surface area (Å²) in [4.78, 5) is 27.6. The zero-order valence-corrected chi connectivity index (χ0v) is 19.6. The van der Waals surface area contributed by atoms with Crippen molar-refractivity contribution in [2.45, 2.75) is 12.8 Å². The minimum atomic E-state index is -0.652. The Bertz CT molecular complexity index is 896. The number of phenols is 2. The van der Waals surface area contributed by atoms with Crippen molar-refractivity contribution in [3.05, 3.63) is 67.8 Å². The fraction of sp³-hybridized carbons (Fsp3) is 0.300. The maximum Gasteiger partial charge on any atom is 0.311 e. The van der Waals surface area contributed by atoms with E-state index in [1.54, 1.807) is 0 Å². The minimum Gasteiger partial charge on any atom is -0.502 e. The van der Waals surface area contributed by atoms with Crippen LogP contribution in [0, 0.1) is 20.2 Å². The third kappa shape index (κ3) is 11.3. The fourth-order valence-corrected chi connectivity index (χ4v) is 2.25. The van der Waals surface area contributed by atoms with E-state index in [0.717, 1.165) is 0 Å². The van der Waals surface area contributed by atoms with Gasteiger partial charge < -0.3 is 20.4 Å². The van der Waals surface area contributed by atoms with Crippen molar-refractivity contribution in [1.29, 1.82) is 0 Å². The number of hydrogen-bond donors (Lipinski definition) is 4. The molecule has 0 saturated heterocycles. The van der Waals surface area contributed by atoms with E-state index in [-0.39, 0.29) is 70.2 Å². The molecule has 0 bridgehead atoms. The van der Waals surface area contributed by atoms with Gasteiger partial charge in [0.2, 0.25) is 11.5 Å². The van der Waals surface area contributed by atoms with Gasteiger partial charge in [0.15, 0.2) is 0 Å². The second-order valence-corrected chi connectivity index (χ2v) is 6.17. The van der Waals surface area contributed by atoms with Crippen LogP contribution in [-0.2, 0) is 34.1 Å². The van der Waals surface area contributed by atoms with Crippen molar-refractivity contribution in [1.82, 2.24) is 0 Å². The first-order valence-electron chi connectivity index (χ1n) is 9.47. The molecule has 0 aliphatic carbocycles. The van der Waals surface area contributed by atoms with Crippen molar-refractivity contribution < 1.29 is 64.4 Å². The molecule has 0 fully saturated rings. The van der Waals surface area contributed by atoms with Crippen LogP contribution in [0.1, 0.15) is 24.0 Å². The van der Waals surface area contributed by atoms with Crippen molar-refractivity contribution in [2.24, 2.45) is 9.98 Å². The van der Waals surface area contributed by atoms with E-state index < -0.39 is 9.85 Å². The normalized spacial score (nSPS) is 10.2. The zero-order valence-electron chi connectivity index (χ0n) is 17.7. The molecule has 0 heterocycles. The molecule has 2 aromatic carbocycles. The molecule has 194 valence electrons. The minimum absolute atomic E-state index is 0. The van der Waals surface area contributed by atoms with Crippen molar-refractivity contribution in [3.63, 3.8) is 0 Å². The second kappa shape index (κ2) is 18.6. The van der Waals surface area contributed by atoms with Crippen LogP contribution in [0.25, 0.3) is 0 Å². The molecule has 12 nitrogen and oxygen atoms in total. The van der Waals surface area contributed by atoms with E-state index in [1.807, 2.05) is 0 Å². The van der Waals surface area contributed by atoms with Gasteiger partial charge in [0.05, 0.1) is 9.85 Å². The maximum atomic E-state index is 10.5. The summed E-state index contributed by atoms with van der Waals surface area (Å²) in [6.07, 6.45) is 3.76. The first-order valence-corrected chi connectivity index (χ1v) is 9.47. The first kappa shape index (κ1) is 33.3. The average Bonchev–Trinajstić information content (AvgIpc) is 2.76. The molecule has 0 saturated carbocycles. The Morgan fingerprint density at radius 2 is 1.09 bits per heavy atom. The predicted molar refractivity (Wildman–Crippen MR) is 118 cm³/mol. The molecule has 0 atom stereocenters. The molecule has 0 unspecified atom stereocenters. The van der Waals surface area contributed by atoms with Gasteiger partial charge in [-0.1, -0.05) is 12.1 Å². The Kier molecular flexibility index (Phi) is 18.2. The molecule has 0 spiro atoms. The second-order valence-electron chi connectivity index (χ2n) is 6.17. The molecule has 0 aromatic heterocycles. The Balaban J connectivity index is 0. The summed E-state index contributed by atoms with van der Waals surface area (Å²) in [5.41, 5.74) is -0.0866. The van der Waals surface area contributed by atoms with Gasteiger partial charge in [-0.05, 0) is 25.0 Å². The van der Waals surface area contributed by atoms with E-state index in [9.17, 15) is 30.4 Å². The zero-order chi connectivity index (χ0) is 23.9. The molecular formula is C20H24Cu2N4O8. The number of hydrogen-bond acceptors (Lipinski definition) is 10. The number of nitro benzene ring substituents is 2. The summed E-state index contributed by atoms with van der Waals surface area (Å²) in [5.74, 6) is -0.777. The molecule has 0 aliphatic heterocycles. The summed E-state index contributed by atoms with van der Waals surface area (Å²) in [6.45, 7) is 0.910. The largest absolute Gasteiger partial charge is 0.502 e. The predicted octanol–water partition coefficient (Wildman–Crippen LogP) is 2.20. The van der Waals surface area contributed by atoms with E-state index >= 15 is 0 Å². The number of aliphatic imine (C=N–C) groups is 2. The number of benzene rings is 2. The van der Waals surface area contributed by atoms with Crippen LogP contribution in [0.3, 0.4) is 0 Å². The molecule has 34 heavy (non-hydrogen) atoms. The topological polar surface area (TPSA) is 192 Å². The Morgan fingerprint density at radius 1 is 0.735 bits per heavy atom. The van der Waals surface area contributed by atoms with Gasteiger partial charge in [0.25, 0.3) is 0 Å². The smallest absolute Gasteiger partial charge is 0.311 e. The average molecular weight is 576 g/mol. The standard InChI is InChI=1S/2C10H12N2O4.2Cu/c2*13-6-2-5-11-7-8-3-1-4-9(10(8)14)12(15)16;;/h2*1,3-4,7,13-14H,2,5-6H2;;. The molecule has 2 aromatic rings. The third-order valence-corrected chi connectivity index (χ3v) is 3.84. The van der Waals surface area contributed by atoms with Gasteiger partial charge in [-0.2, -0.15) is 0 Å². The molecule has 0 aliphatic rings. The fourth-order valence-electron chi connectivity index (χ4n) is 2.25. The number of aromatic hydroxyl groups is 2. The van der Waals surface area contributed by atoms with Crippen LogP contribution >= 0.6 is 0 Å². The number of rotatable bonds is 10. The van der Waals surface area contributed by atoms with Crippen molar-refractivity contribution in [2.75, 3.05) is 26.3 Å². The summed E-state index contributed by atoms with van der Waals surface area (Å²) in [6, 6.07) is 8.47. The van der Waals surface area contributed by atoms with Crippen LogP contribution in [0.2, 0.25) is 0 Å². The van der Waals surface area contributed by atoms with Crippen molar-refractivity contribution in [3.8, 4) is 11.5 Å². The molecule has 2 radical (unpaired) electrons. The van der Waals surface area contributed by atoms with E-state index in [2.05, 4.69) is 9.98 Å². The van der Waals surface area contributed by atoms with E-state index in [1.165, 1.54) is 48.8 Å². The Hall–Kier alpha value is -2.86. The molecule has 14 heteroatoms. The summed E-state index contributed by atoms with van der Waals surface area (Å²) < 4.78 is 0. The number of nitrogens with zero attached hydrogens (tertiary/aromatic N) is 4. The van der Waals surface area contributed by atoms with Crippen LogP contribution in [0.15, 0.2) is 46.4 Å². The third-order valence-electron chi connectivity index (χ3n) is 3.84. The van der Waals surface area contributed by atoms with Crippen molar-refractivity contribution >= 4 is 23.8 Å². The number of nitro groups is 2. The summed E-state index contributed by atoms with van der Waals surface area (Å²) in [7, 11) is 0. The number of para-hydroxylation sites is 2. The van der Waals surface area contributed by atoms with Gasteiger partial charge in [0.1, 0.15) is 0 Å². The monoisotopic (exact) mass is 574 g/mol. The molecule has 0 amide bonds. The number of aliphatic hydroxyl groups excluding tert-OH is 2. The molecule has 4 N–H and O–H groups in total. The quantitative estimate of drug-likeness (QED) is 0.109. The van der Waals surface area contributed by atoms with Gasteiger partial charge in [-0.15, -0.1) is 0 Å². The SMILES string of the molecule is O=[N+]([O-])c1cccc(C=NCCCO)c1O.O=[N+]([O-])c1cccc(C=NCCCO)c1O.[Cu].[Cu]. The van der Waals surface area contributed by atoms with Crippen LogP contribution in [-0.4, -0.2) is 69.0 Å². The first-order chi connectivity index (χ1) is 15.3. The van der Waals surface area contributed by atoms with E-state index in [4.69, 9.17) is 10.2 Å². The van der Waals surface area contributed by atoms with Gasteiger partial charge in [-0.25, -0.2) is 0 Å². The Labute approximate surface area is 216 Å². The van der Waals surface area contributed by atoms with Gasteiger partial charge in [0, 0.05) is 96.1 Å². The van der Waals surface area contributed by atoms with Crippen LogP contribution in [0.5, 0.6) is 11.5 Å². The van der Waals surface area contributed by atoms with Gasteiger partial charge in [-0.3, -0.25) is 30.2 Å². The summed E-state index contributed by atoms with van der Waals surface area (Å²) in [5, 5.41) is 57.1. The number of phenolic OH excluding ortho intramolecular Hbond substituents is 2. The van der Waals surface area contributed by atoms with Crippen LogP contribution in [0.4, 0.5) is 11.4 Å². The van der Waals surface area contributed by atoms with Gasteiger partial charge >= 0.3 is 11.4 Å². The van der Waals surface area contributed by atoms with Crippen LogP contribution < -0.4 is 0 Å². The molecular weight excluding hydrogens is 551 g/mol. The molecule has 2 rings (SSSR count). The van der Waals surface area contributed by atoms with E-state index in [0.29, 0.717) is 37.1 Å². The summed E-state index contributed by atoms with van der Waals surface area (Å²) >= 11 is 0. The number of aliphatic hydroxyl groups is 2. The Morgan fingerprint density at radius 3 is 1.38 bits per heavy atom.